The Labute approximate surface area is 146 Å². The van der Waals surface area contributed by atoms with Crippen molar-refractivity contribution in [2.45, 2.75) is 13.0 Å². The minimum absolute atomic E-state index is 0.0982. The van der Waals surface area contributed by atoms with Crippen molar-refractivity contribution in [1.82, 2.24) is 4.98 Å². The largest absolute Gasteiger partial charge is 0.462 e. The topological polar surface area (TPSA) is 51.7 Å². The average Bonchev–Trinajstić information content (AvgIpc) is 2.62. The first-order valence-corrected chi connectivity index (χ1v) is 8.31. The summed E-state index contributed by atoms with van der Waals surface area (Å²) in [6.07, 6.45) is 1.45. The fourth-order valence-electron chi connectivity index (χ4n) is 2.69. The number of rotatable bonds is 4. The first-order valence-electron chi connectivity index (χ1n) is 7.93. The Hall–Kier alpha value is -2.11. The maximum atomic E-state index is 11.7. The number of morpholine rings is 1. The van der Waals surface area contributed by atoms with Gasteiger partial charge in [0.1, 0.15) is 11.9 Å². The number of esters is 1. The third-order valence-corrected chi connectivity index (χ3v) is 4.25. The van der Waals surface area contributed by atoms with Crippen LogP contribution in [0.3, 0.4) is 0 Å². The van der Waals surface area contributed by atoms with Gasteiger partial charge in [-0.2, -0.15) is 0 Å². The summed E-state index contributed by atoms with van der Waals surface area (Å²) in [4.78, 5) is 18.2. The number of halogens is 1. The van der Waals surface area contributed by atoms with Crippen molar-refractivity contribution in [2.75, 3.05) is 31.2 Å². The third kappa shape index (κ3) is 3.68. The molecule has 0 radical (unpaired) electrons. The van der Waals surface area contributed by atoms with Gasteiger partial charge in [-0.1, -0.05) is 29.8 Å². The average molecular weight is 347 g/mol. The van der Waals surface area contributed by atoms with E-state index >= 15 is 0 Å². The minimum atomic E-state index is -0.354. The highest BCUT2D eigenvalue weighted by Gasteiger charge is 2.24. The van der Waals surface area contributed by atoms with Crippen LogP contribution < -0.4 is 4.90 Å². The Kier molecular flexibility index (Phi) is 5.33. The van der Waals surface area contributed by atoms with Gasteiger partial charge >= 0.3 is 5.97 Å². The standard InChI is InChI=1S/C18H19ClN2O3/c1-2-23-18(22)13-7-8-17(20-11-13)21-9-10-24-16(12-21)14-5-3-4-6-15(14)19/h3-8,11,16H,2,9-10,12H2,1H3. The second-order valence-electron chi connectivity index (χ2n) is 5.45. The molecule has 126 valence electrons. The van der Waals surface area contributed by atoms with Gasteiger partial charge in [0, 0.05) is 29.9 Å². The van der Waals surface area contributed by atoms with Gasteiger partial charge in [0.25, 0.3) is 0 Å². The molecule has 1 aliphatic rings. The Morgan fingerprint density at radius 2 is 2.21 bits per heavy atom. The van der Waals surface area contributed by atoms with Gasteiger partial charge in [0.2, 0.25) is 0 Å². The van der Waals surface area contributed by atoms with Crippen molar-refractivity contribution in [1.29, 1.82) is 0 Å². The zero-order valence-electron chi connectivity index (χ0n) is 13.4. The summed E-state index contributed by atoms with van der Waals surface area (Å²) >= 11 is 6.27. The van der Waals surface area contributed by atoms with E-state index in [-0.39, 0.29) is 12.1 Å². The van der Waals surface area contributed by atoms with Gasteiger partial charge in [-0.15, -0.1) is 0 Å². The number of carbonyl (C=O) groups excluding carboxylic acids is 1. The zero-order chi connectivity index (χ0) is 16.9. The van der Waals surface area contributed by atoms with Crippen LogP contribution in [-0.4, -0.2) is 37.3 Å². The molecular weight excluding hydrogens is 328 g/mol. The van der Waals surface area contributed by atoms with Crippen molar-refractivity contribution in [3.05, 3.63) is 58.7 Å². The fraction of sp³-hybridized carbons (Fsp3) is 0.333. The maximum Gasteiger partial charge on any atom is 0.339 e. The SMILES string of the molecule is CCOC(=O)c1ccc(N2CCOC(c3ccccc3Cl)C2)nc1. The number of hydrogen-bond acceptors (Lipinski definition) is 5. The van der Waals surface area contributed by atoms with Gasteiger partial charge in [-0.3, -0.25) is 0 Å². The fourth-order valence-corrected chi connectivity index (χ4v) is 2.95. The molecule has 0 spiro atoms. The summed E-state index contributed by atoms with van der Waals surface area (Å²) in [5.74, 6) is 0.455. The van der Waals surface area contributed by atoms with Crippen LogP contribution in [0.5, 0.6) is 0 Å². The number of ether oxygens (including phenoxy) is 2. The summed E-state index contributed by atoms with van der Waals surface area (Å²) < 4.78 is 10.8. The lowest BCUT2D eigenvalue weighted by Gasteiger charge is -2.34. The molecule has 1 unspecified atom stereocenters. The monoisotopic (exact) mass is 346 g/mol. The lowest BCUT2D eigenvalue weighted by molar-refractivity contribution is 0.0395. The Bertz CT molecular complexity index is 706. The van der Waals surface area contributed by atoms with E-state index in [1.54, 1.807) is 19.2 Å². The summed E-state index contributed by atoms with van der Waals surface area (Å²) in [6.45, 7) is 4.13. The first kappa shape index (κ1) is 16.7. The zero-order valence-corrected chi connectivity index (χ0v) is 14.2. The molecule has 1 aromatic carbocycles. The molecule has 0 aliphatic carbocycles. The molecule has 2 aromatic rings. The van der Waals surface area contributed by atoms with Crippen LogP contribution in [0, 0.1) is 0 Å². The number of hydrogen-bond donors (Lipinski definition) is 0. The van der Waals surface area contributed by atoms with Crippen LogP contribution in [0.1, 0.15) is 28.9 Å². The number of nitrogens with zero attached hydrogens (tertiary/aromatic N) is 2. The molecule has 1 aliphatic heterocycles. The van der Waals surface area contributed by atoms with E-state index in [1.165, 1.54) is 0 Å². The van der Waals surface area contributed by atoms with Gasteiger partial charge in [0.15, 0.2) is 0 Å². The molecule has 5 nitrogen and oxygen atoms in total. The van der Waals surface area contributed by atoms with Crippen molar-refractivity contribution in [3.63, 3.8) is 0 Å². The molecule has 0 amide bonds. The van der Waals surface area contributed by atoms with Gasteiger partial charge < -0.3 is 14.4 Å². The number of carbonyl (C=O) groups is 1. The second kappa shape index (κ2) is 7.64. The van der Waals surface area contributed by atoms with E-state index in [4.69, 9.17) is 21.1 Å². The van der Waals surface area contributed by atoms with Crippen molar-refractivity contribution < 1.29 is 14.3 Å². The number of benzene rings is 1. The lowest BCUT2D eigenvalue weighted by Crippen LogP contribution is -2.39. The van der Waals surface area contributed by atoms with Gasteiger partial charge in [-0.05, 0) is 25.1 Å². The van der Waals surface area contributed by atoms with E-state index < -0.39 is 0 Å². The lowest BCUT2D eigenvalue weighted by atomic mass is 10.1. The van der Waals surface area contributed by atoms with E-state index in [9.17, 15) is 4.79 Å². The van der Waals surface area contributed by atoms with Crippen LogP contribution in [0.25, 0.3) is 0 Å². The second-order valence-corrected chi connectivity index (χ2v) is 5.86. The Morgan fingerprint density at radius 3 is 2.92 bits per heavy atom. The molecule has 1 atom stereocenters. The molecule has 6 heteroatoms. The summed E-state index contributed by atoms with van der Waals surface area (Å²) in [5, 5.41) is 0.704. The van der Waals surface area contributed by atoms with E-state index in [0.717, 1.165) is 17.9 Å². The maximum absolute atomic E-state index is 11.7. The molecule has 1 saturated heterocycles. The molecule has 0 saturated carbocycles. The molecule has 0 bridgehead atoms. The van der Waals surface area contributed by atoms with E-state index in [2.05, 4.69) is 9.88 Å². The Balaban J connectivity index is 1.73. The van der Waals surface area contributed by atoms with Crippen molar-refractivity contribution in [3.8, 4) is 0 Å². The normalized spacial score (nSPS) is 17.6. The molecule has 3 rings (SSSR count). The van der Waals surface area contributed by atoms with Crippen LogP contribution in [0.4, 0.5) is 5.82 Å². The molecule has 1 aromatic heterocycles. The quantitative estimate of drug-likeness (QED) is 0.793. The van der Waals surface area contributed by atoms with Crippen molar-refractivity contribution in [2.24, 2.45) is 0 Å². The smallest absolute Gasteiger partial charge is 0.339 e. The number of pyridine rings is 1. The molecule has 24 heavy (non-hydrogen) atoms. The van der Waals surface area contributed by atoms with E-state index in [0.29, 0.717) is 30.3 Å². The first-order chi connectivity index (χ1) is 11.7. The summed E-state index contributed by atoms with van der Waals surface area (Å²) in [7, 11) is 0. The predicted molar refractivity (Wildman–Crippen MR) is 92.6 cm³/mol. The van der Waals surface area contributed by atoms with Crippen molar-refractivity contribution >= 4 is 23.4 Å². The van der Waals surface area contributed by atoms with Crippen LogP contribution in [0.2, 0.25) is 5.02 Å². The highest BCUT2D eigenvalue weighted by molar-refractivity contribution is 6.31. The highest BCUT2D eigenvalue weighted by Crippen LogP contribution is 2.29. The minimum Gasteiger partial charge on any atom is -0.462 e. The van der Waals surface area contributed by atoms with Gasteiger partial charge in [0.05, 0.1) is 18.8 Å². The summed E-state index contributed by atoms with van der Waals surface area (Å²) in [6, 6.07) is 11.3. The number of aromatic nitrogens is 1. The highest BCUT2D eigenvalue weighted by atomic mass is 35.5. The van der Waals surface area contributed by atoms with Crippen LogP contribution in [0.15, 0.2) is 42.6 Å². The molecule has 0 N–H and O–H groups in total. The summed E-state index contributed by atoms with van der Waals surface area (Å²) in [5.41, 5.74) is 1.43. The number of anilines is 1. The molecule has 1 fully saturated rings. The molecule has 2 heterocycles. The van der Waals surface area contributed by atoms with Gasteiger partial charge in [-0.25, -0.2) is 9.78 Å². The molecular formula is C18H19ClN2O3. The third-order valence-electron chi connectivity index (χ3n) is 3.90. The van der Waals surface area contributed by atoms with Crippen LogP contribution >= 0.6 is 11.6 Å². The Morgan fingerprint density at radius 1 is 1.38 bits per heavy atom. The predicted octanol–water partition coefficient (Wildman–Crippen LogP) is 3.49. The van der Waals surface area contributed by atoms with Crippen LogP contribution in [-0.2, 0) is 9.47 Å². The van der Waals surface area contributed by atoms with E-state index in [1.807, 2.05) is 30.3 Å².